The predicted octanol–water partition coefficient (Wildman–Crippen LogP) is 1.92. The second-order valence-electron chi connectivity index (χ2n) is 10.0. The number of nitrogens with zero attached hydrogens (tertiary/aromatic N) is 3. The molecule has 37 heavy (non-hydrogen) atoms. The van der Waals surface area contributed by atoms with Crippen molar-refractivity contribution in [2.45, 2.75) is 70.5 Å². The van der Waals surface area contributed by atoms with Crippen LogP contribution in [0.2, 0.25) is 0 Å². The van der Waals surface area contributed by atoms with Gasteiger partial charge in [0.25, 0.3) is 0 Å². The van der Waals surface area contributed by atoms with Crippen molar-refractivity contribution in [3.8, 4) is 0 Å². The van der Waals surface area contributed by atoms with E-state index in [0.29, 0.717) is 31.5 Å². The highest BCUT2D eigenvalue weighted by molar-refractivity contribution is 5.98. The molecule has 10 nitrogen and oxygen atoms in total. The number of likely N-dealkylation sites (tertiary alicyclic amines) is 2. The van der Waals surface area contributed by atoms with Crippen LogP contribution in [0.15, 0.2) is 24.3 Å². The van der Waals surface area contributed by atoms with E-state index in [0.717, 1.165) is 49.7 Å². The summed E-state index contributed by atoms with van der Waals surface area (Å²) in [5.41, 5.74) is 8.69. The van der Waals surface area contributed by atoms with Crippen molar-refractivity contribution in [3.05, 3.63) is 35.5 Å². The van der Waals surface area contributed by atoms with Crippen LogP contribution in [0.25, 0.3) is 10.9 Å². The first kappa shape index (κ1) is 26.7. The van der Waals surface area contributed by atoms with Crippen LogP contribution in [-0.4, -0.2) is 81.4 Å². The standard InChI is InChI=1S/C27H38N6O4/c1-2-32-21(15-18-7-8-19(26(28)29)16-23(18)32)10-9-20-5-4-13-33(20)24(34)17-31-14-11-22(27(31)37)30-12-3-6-25(35)36/h7-8,15-16,20,22,30H,2-6,9-14,17H2,1H3,(H3,28,29)(H,35,36)/t20-,22-/m0/s1. The highest BCUT2D eigenvalue weighted by Crippen LogP contribution is 2.26. The predicted molar refractivity (Wildman–Crippen MR) is 142 cm³/mol. The van der Waals surface area contributed by atoms with Gasteiger partial charge < -0.3 is 30.5 Å². The first-order chi connectivity index (χ1) is 17.8. The lowest BCUT2D eigenvalue weighted by Crippen LogP contribution is -2.45. The fraction of sp³-hybridized carbons (Fsp3) is 0.556. The summed E-state index contributed by atoms with van der Waals surface area (Å²) in [4.78, 5) is 40.2. The summed E-state index contributed by atoms with van der Waals surface area (Å²) in [6.45, 7) is 4.76. The lowest BCUT2D eigenvalue weighted by molar-refractivity contribution is -0.139. The number of aromatic nitrogens is 1. The summed E-state index contributed by atoms with van der Waals surface area (Å²) >= 11 is 0. The van der Waals surface area contributed by atoms with Crippen LogP contribution >= 0.6 is 0 Å². The fourth-order valence-corrected chi connectivity index (χ4v) is 5.69. The molecule has 1 aromatic carbocycles. The van der Waals surface area contributed by atoms with Crippen LogP contribution in [0, 0.1) is 5.41 Å². The molecule has 0 radical (unpaired) electrons. The van der Waals surface area contributed by atoms with Crippen LogP contribution in [0.3, 0.4) is 0 Å². The molecule has 2 aliphatic heterocycles. The van der Waals surface area contributed by atoms with Gasteiger partial charge in [-0.3, -0.25) is 19.8 Å². The molecule has 1 aromatic heterocycles. The van der Waals surface area contributed by atoms with Crippen molar-refractivity contribution in [2.75, 3.05) is 26.2 Å². The number of carboxylic acids is 1. The number of carbonyl (C=O) groups is 3. The second kappa shape index (κ2) is 11.8. The van der Waals surface area contributed by atoms with Gasteiger partial charge in [0.15, 0.2) is 0 Å². The van der Waals surface area contributed by atoms with Gasteiger partial charge in [0.05, 0.1) is 12.6 Å². The number of fused-ring (bicyclic) bond motifs is 1. The van der Waals surface area contributed by atoms with Crippen molar-refractivity contribution < 1.29 is 19.5 Å². The topological polar surface area (TPSA) is 145 Å². The molecule has 200 valence electrons. The molecule has 0 spiro atoms. The normalized spacial score (nSPS) is 19.8. The Bertz CT molecular complexity index is 1180. The molecule has 2 amide bonds. The minimum Gasteiger partial charge on any atom is -0.481 e. The summed E-state index contributed by atoms with van der Waals surface area (Å²) in [6, 6.07) is 7.87. The third kappa shape index (κ3) is 6.12. The van der Waals surface area contributed by atoms with Crippen LogP contribution in [-0.2, 0) is 27.3 Å². The summed E-state index contributed by atoms with van der Waals surface area (Å²) in [5, 5.41) is 20.8. The first-order valence-corrected chi connectivity index (χ1v) is 13.3. The Balaban J connectivity index is 1.33. The van der Waals surface area contributed by atoms with E-state index >= 15 is 0 Å². The molecule has 5 N–H and O–H groups in total. The minimum atomic E-state index is -0.842. The third-order valence-corrected chi connectivity index (χ3v) is 7.63. The molecule has 2 aliphatic rings. The number of nitrogens with one attached hydrogen (secondary N) is 2. The van der Waals surface area contributed by atoms with Crippen molar-refractivity contribution in [3.63, 3.8) is 0 Å². The van der Waals surface area contributed by atoms with Gasteiger partial charge in [-0.2, -0.15) is 0 Å². The summed E-state index contributed by atoms with van der Waals surface area (Å²) in [7, 11) is 0. The maximum absolute atomic E-state index is 13.2. The Morgan fingerprint density at radius 2 is 2.03 bits per heavy atom. The quantitative estimate of drug-likeness (QED) is 0.195. The van der Waals surface area contributed by atoms with Gasteiger partial charge in [-0.1, -0.05) is 12.1 Å². The zero-order chi connectivity index (χ0) is 26.5. The average Bonchev–Trinajstić information content (AvgIpc) is 3.57. The number of nitrogen functional groups attached to an aromatic ring is 1. The minimum absolute atomic E-state index is 0.00418. The fourth-order valence-electron chi connectivity index (χ4n) is 5.69. The van der Waals surface area contributed by atoms with Gasteiger partial charge in [0, 0.05) is 48.9 Å². The van der Waals surface area contributed by atoms with Crippen LogP contribution < -0.4 is 11.1 Å². The lowest BCUT2D eigenvalue weighted by atomic mass is 10.1. The van der Waals surface area contributed by atoms with E-state index < -0.39 is 5.97 Å². The number of hydrogen-bond acceptors (Lipinski definition) is 5. The summed E-state index contributed by atoms with van der Waals surface area (Å²) in [5.74, 6) is -0.851. The number of rotatable bonds is 12. The van der Waals surface area contributed by atoms with E-state index in [1.807, 2.05) is 23.1 Å². The smallest absolute Gasteiger partial charge is 0.303 e. The zero-order valence-corrected chi connectivity index (χ0v) is 21.5. The highest BCUT2D eigenvalue weighted by Gasteiger charge is 2.35. The number of aliphatic carboxylic acids is 1. The van der Waals surface area contributed by atoms with E-state index in [2.05, 4.69) is 22.9 Å². The van der Waals surface area contributed by atoms with E-state index in [-0.39, 0.29) is 42.7 Å². The third-order valence-electron chi connectivity index (χ3n) is 7.63. The van der Waals surface area contributed by atoms with Gasteiger partial charge in [0.2, 0.25) is 11.8 Å². The van der Waals surface area contributed by atoms with E-state index in [1.54, 1.807) is 4.90 Å². The Kier molecular flexibility index (Phi) is 8.48. The van der Waals surface area contributed by atoms with Gasteiger partial charge in [-0.05, 0) is 69.5 Å². The van der Waals surface area contributed by atoms with Crippen LogP contribution in [0.1, 0.15) is 56.7 Å². The molecule has 2 fully saturated rings. The molecule has 4 rings (SSSR count). The maximum atomic E-state index is 13.2. The molecule has 0 unspecified atom stereocenters. The number of amidine groups is 1. The first-order valence-electron chi connectivity index (χ1n) is 13.3. The number of aryl methyl sites for hydroxylation is 2. The number of amides is 2. The Hall–Kier alpha value is -3.40. The zero-order valence-electron chi connectivity index (χ0n) is 21.5. The Labute approximate surface area is 217 Å². The SMILES string of the molecule is CCn1c(CC[C@@H]2CCCN2C(=O)CN2CC[C@H](NCCCC(=O)O)C2=O)cc2ccc(C(=N)N)cc21. The molecule has 2 saturated heterocycles. The summed E-state index contributed by atoms with van der Waals surface area (Å²) in [6.07, 6.45) is 4.83. The van der Waals surface area contributed by atoms with Crippen LogP contribution in [0.5, 0.6) is 0 Å². The number of nitrogens with two attached hydrogens (primary N) is 1. The highest BCUT2D eigenvalue weighted by atomic mass is 16.4. The van der Waals surface area contributed by atoms with Crippen molar-refractivity contribution >= 4 is 34.5 Å². The molecule has 0 saturated carbocycles. The Morgan fingerprint density at radius 1 is 1.22 bits per heavy atom. The average molecular weight is 511 g/mol. The molecule has 0 bridgehead atoms. The molecule has 2 atom stereocenters. The van der Waals surface area contributed by atoms with Gasteiger partial charge >= 0.3 is 5.97 Å². The number of carboxylic acid groups (broad SMARTS) is 1. The number of benzene rings is 1. The Morgan fingerprint density at radius 3 is 2.76 bits per heavy atom. The lowest BCUT2D eigenvalue weighted by Gasteiger charge is -2.27. The molecule has 3 heterocycles. The molecule has 2 aromatic rings. The summed E-state index contributed by atoms with van der Waals surface area (Å²) < 4.78 is 2.26. The van der Waals surface area contributed by atoms with E-state index in [9.17, 15) is 14.4 Å². The number of hydrogen-bond donors (Lipinski definition) is 4. The van der Waals surface area contributed by atoms with Crippen molar-refractivity contribution in [1.82, 2.24) is 19.7 Å². The van der Waals surface area contributed by atoms with E-state index in [4.69, 9.17) is 16.2 Å². The number of carbonyl (C=O) groups excluding carboxylic acids is 2. The van der Waals surface area contributed by atoms with Gasteiger partial charge in [-0.25, -0.2) is 0 Å². The maximum Gasteiger partial charge on any atom is 0.303 e. The molecular weight excluding hydrogens is 472 g/mol. The van der Waals surface area contributed by atoms with Crippen LogP contribution in [0.4, 0.5) is 0 Å². The largest absolute Gasteiger partial charge is 0.481 e. The molecule has 0 aliphatic carbocycles. The molecule has 10 heteroatoms. The van der Waals surface area contributed by atoms with Gasteiger partial charge in [0.1, 0.15) is 5.84 Å². The monoisotopic (exact) mass is 510 g/mol. The second-order valence-corrected chi connectivity index (χ2v) is 10.0. The molecular formula is C27H38N6O4. The van der Waals surface area contributed by atoms with Crippen molar-refractivity contribution in [2.24, 2.45) is 5.73 Å². The van der Waals surface area contributed by atoms with Gasteiger partial charge in [-0.15, -0.1) is 0 Å². The van der Waals surface area contributed by atoms with E-state index in [1.165, 1.54) is 5.69 Å². The van der Waals surface area contributed by atoms with Crippen molar-refractivity contribution in [1.29, 1.82) is 5.41 Å².